The molecule has 1 aromatic heterocycles. The lowest BCUT2D eigenvalue weighted by atomic mass is 10.0. The first-order valence-electron chi connectivity index (χ1n) is 2.72. The maximum absolute atomic E-state index is 10.3. The summed E-state index contributed by atoms with van der Waals surface area (Å²) in [6.07, 6.45) is 2.82. The molecule has 0 atom stereocenters. The zero-order valence-electron chi connectivity index (χ0n) is 5.40. The Morgan fingerprint density at radius 3 is 2.50 bits per heavy atom. The summed E-state index contributed by atoms with van der Waals surface area (Å²) in [5, 5.41) is 8.46. The zero-order valence-corrected chi connectivity index (χ0v) is 5.40. The van der Waals surface area contributed by atoms with Gasteiger partial charge in [-0.15, -0.1) is 0 Å². The number of carboxylic acid groups (broad SMARTS) is 1. The van der Waals surface area contributed by atoms with Crippen molar-refractivity contribution >= 4 is 19.4 Å². The summed E-state index contributed by atoms with van der Waals surface area (Å²) in [6.45, 7) is 0. The first-order valence-corrected chi connectivity index (χ1v) is 2.72. The molecule has 4 nitrogen and oxygen atoms in total. The van der Waals surface area contributed by atoms with E-state index >= 15 is 0 Å². The third kappa shape index (κ3) is 1.13. The van der Waals surface area contributed by atoms with Gasteiger partial charge in [-0.05, 0) is 0 Å². The Morgan fingerprint density at radius 1 is 1.50 bits per heavy atom. The summed E-state index contributed by atoms with van der Waals surface area (Å²) in [6, 6.07) is 0. The second kappa shape index (κ2) is 2.47. The smallest absolute Gasteiger partial charge is 0.355 e. The first kappa shape index (κ1) is 6.73. The van der Waals surface area contributed by atoms with Crippen LogP contribution in [0.3, 0.4) is 0 Å². The molecule has 10 heavy (non-hydrogen) atoms. The molecule has 5 heteroatoms. The lowest BCUT2D eigenvalue weighted by molar-refractivity contribution is 0.0692. The van der Waals surface area contributed by atoms with Gasteiger partial charge in [0, 0.05) is 18.0 Å². The molecule has 0 aliphatic rings. The van der Waals surface area contributed by atoms with Crippen LogP contribution in [0.5, 0.6) is 0 Å². The monoisotopic (exact) mass is 136 g/mol. The Hall–Kier alpha value is -1.39. The summed E-state index contributed by atoms with van der Waals surface area (Å²) in [5.41, 5.74) is 0.456. The number of hydrogen-bond donors (Lipinski definition) is 1. The predicted molar refractivity (Wildman–Crippen MR) is 37.2 cm³/mol. The second-order valence-corrected chi connectivity index (χ2v) is 1.80. The lowest BCUT2D eigenvalue weighted by Gasteiger charge is -1.94. The molecule has 0 spiro atoms. The molecule has 1 heterocycles. The van der Waals surface area contributed by atoms with E-state index in [2.05, 4.69) is 9.97 Å². The fraction of sp³-hybridized carbons (Fsp3) is 0. The quantitative estimate of drug-likeness (QED) is 0.474. The molecular formula is C5H5BN2O2. The van der Waals surface area contributed by atoms with Gasteiger partial charge in [0.25, 0.3) is 0 Å². The Kier molecular flexibility index (Phi) is 1.66. The molecule has 0 aliphatic heterocycles. The van der Waals surface area contributed by atoms with Gasteiger partial charge in [-0.1, -0.05) is 0 Å². The highest BCUT2D eigenvalue weighted by atomic mass is 16.4. The Balaban J connectivity index is 3.15. The van der Waals surface area contributed by atoms with Crippen molar-refractivity contribution in [2.24, 2.45) is 0 Å². The van der Waals surface area contributed by atoms with Gasteiger partial charge in [-0.2, -0.15) is 0 Å². The van der Waals surface area contributed by atoms with Crippen molar-refractivity contribution in [2.45, 2.75) is 0 Å². The average molecular weight is 136 g/mol. The molecule has 0 unspecified atom stereocenters. The summed E-state index contributed by atoms with van der Waals surface area (Å²) >= 11 is 0. The van der Waals surface area contributed by atoms with E-state index in [1.54, 1.807) is 7.85 Å². The van der Waals surface area contributed by atoms with E-state index in [1.165, 1.54) is 12.4 Å². The number of aromatic nitrogens is 2. The van der Waals surface area contributed by atoms with Gasteiger partial charge >= 0.3 is 5.97 Å². The molecule has 1 N–H and O–H groups in total. The van der Waals surface area contributed by atoms with E-state index < -0.39 is 5.97 Å². The van der Waals surface area contributed by atoms with E-state index in [4.69, 9.17) is 5.11 Å². The minimum Gasteiger partial charge on any atom is -0.476 e. The van der Waals surface area contributed by atoms with Gasteiger partial charge in [0.15, 0.2) is 13.5 Å². The zero-order chi connectivity index (χ0) is 7.56. The van der Waals surface area contributed by atoms with Crippen molar-refractivity contribution in [3.8, 4) is 0 Å². The molecule has 0 fully saturated rings. The van der Waals surface area contributed by atoms with E-state index in [0.717, 1.165) is 0 Å². The number of carboxylic acids is 1. The molecule has 0 amide bonds. The number of nitrogens with zero attached hydrogens (tertiary/aromatic N) is 2. The van der Waals surface area contributed by atoms with Gasteiger partial charge in [-0.3, -0.25) is 4.98 Å². The van der Waals surface area contributed by atoms with Crippen LogP contribution < -0.4 is 5.59 Å². The van der Waals surface area contributed by atoms with Crippen LogP contribution in [-0.2, 0) is 0 Å². The number of rotatable bonds is 1. The highest BCUT2D eigenvalue weighted by Crippen LogP contribution is 1.83. The molecule has 0 aliphatic carbocycles. The molecular weight excluding hydrogens is 131 g/mol. The van der Waals surface area contributed by atoms with Crippen LogP contribution in [0, 0.1) is 0 Å². The fourth-order valence-electron chi connectivity index (χ4n) is 0.618. The van der Waals surface area contributed by atoms with Gasteiger partial charge in [0.1, 0.15) is 0 Å². The van der Waals surface area contributed by atoms with Crippen molar-refractivity contribution in [3.63, 3.8) is 0 Å². The maximum atomic E-state index is 10.3. The van der Waals surface area contributed by atoms with Gasteiger partial charge in [0.05, 0.1) is 0 Å². The highest BCUT2D eigenvalue weighted by molar-refractivity contribution is 6.33. The molecule has 50 valence electrons. The van der Waals surface area contributed by atoms with Crippen molar-refractivity contribution in [1.82, 2.24) is 9.97 Å². The molecule has 0 aromatic carbocycles. The third-order valence-electron chi connectivity index (χ3n) is 1.08. The fourth-order valence-corrected chi connectivity index (χ4v) is 0.618. The first-order chi connectivity index (χ1) is 4.72. The van der Waals surface area contributed by atoms with Gasteiger partial charge < -0.3 is 5.11 Å². The van der Waals surface area contributed by atoms with Crippen LogP contribution in [0.1, 0.15) is 10.5 Å². The summed E-state index contributed by atoms with van der Waals surface area (Å²) in [5.74, 6) is -1.04. The number of carbonyl (C=O) groups is 1. The summed E-state index contributed by atoms with van der Waals surface area (Å²) in [4.78, 5) is 17.7. The Bertz CT molecular complexity index is 264. The van der Waals surface area contributed by atoms with Crippen LogP contribution in [0.4, 0.5) is 0 Å². The Labute approximate surface area is 58.3 Å². The van der Waals surface area contributed by atoms with Crippen LogP contribution in [-0.4, -0.2) is 28.9 Å². The Morgan fingerprint density at radius 2 is 2.10 bits per heavy atom. The van der Waals surface area contributed by atoms with E-state index in [9.17, 15) is 4.79 Å². The van der Waals surface area contributed by atoms with Gasteiger partial charge in [0.2, 0.25) is 0 Å². The number of aromatic carboxylic acids is 1. The van der Waals surface area contributed by atoms with E-state index in [-0.39, 0.29) is 5.69 Å². The SMILES string of the molecule is Bc1nccnc1C(=O)O. The molecule has 0 bridgehead atoms. The van der Waals surface area contributed by atoms with Crippen LogP contribution in [0.2, 0.25) is 0 Å². The van der Waals surface area contributed by atoms with Crippen LogP contribution >= 0.6 is 0 Å². The van der Waals surface area contributed by atoms with E-state index in [1.807, 2.05) is 0 Å². The van der Waals surface area contributed by atoms with Crippen LogP contribution in [0.25, 0.3) is 0 Å². The second-order valence-electron chi connectivity index (χ2n) is 1.80. The summed E-state index contributed by atoms with van der Waals surface area (Å²) in [7, 11) is 1.61. The largest absolute Gasteiger partial charge is 0.476 e. The normalized spacial score (nSPS) is 9.20. The van der Waals surface area contributed by atoms with E-state index in [0.29, 0.717) is 5.59 Å². The number of hydrogen-bond acceptors (Lipinski definition) is 3. The molecule has 1 rings (SSSR count). The topological polar surface area (TPSA) is 63.1 Å². The van der Waals surface area contributed by atoms with Crippen molar-refractivity contribution in [2.75, 3.05) is 0 Å². The van der Waals surface area contributed by atoms with Crippen molar-refractivity contribution in [3.05, 3.63) is 18.1 Å². The minimum atomic E-state index is -1.04. The van der Waals surface area contributed by atoms with Crippen molar-refractivity contribution in [1.29, 1.82) is 0 Å². The maximum Gasteiger partial charge on any atom is 0.355 e. The van der Waals surface area contributed by atoms with Gasteiger partial charge in [-0.25, -0.2) is 9.78 Å². The highest BCUT2D eigenvalue weighted by Gasteiger charge is 2.06. The summed E-state index contributed by atoms with van der Waals surface area (Å²) < 4.78 is 0. The molecule has 1 aromatic rings. The molecule has 0 saturated heterocycles. The lowest BCUT2D eigenvalue weighted by Crippen LogP contribution is -2.20. The average Bonchev–Trinajstić information content (AvgIpc) is 1.88. The minimum absolute atomic E-state index is 0.0162. The predicted octanol–water partition coefficient (Wildman–Crippen LogP) is -1.57. The molecule has 0 saturated carbocycles. The van der Waals surface area contributed by atoms with Crippen molar-refractivity contribution < 1.29 is 9.90 Å². The molecule has 0 radical (unpaired) electrons. The standard InChI is InChI=1S/C5H5BN2O2/c6-4-3(5(9)10)7-1-2-8-4/h1-2H,6H2,(H,9,10). The van der Waals surface area contributed by atoms with Crippen LogP contribution in [0.15, 0.2) is 12.4 Å². The third-order valence-corrected chi connectivity index (χ3v) is 1.08.